The number of rotatable bonds is 5. The molecule has 0 atom stereocenters. The molecule has 0 fully saturated rings. The minimum Gasteiger partial charge on any atom is -0.355 e. The van der Waals surface area contributed by atoms with E-state index in [1.807, 2.05) is 24.3 Å². The van der Waals surface area contributed by atoms with Crippen molar-refractivity contribution >= 4 is 43.9 Å². The fourth-order valence-corrected chi connectivity index (χ4v) is 3.81. The third-order valence-electron chi connectivity index (χ3n) is 3.43. The normalized spacial score (nSPS) is 10.8. The number of H-pyrrole nitrogens is 1. The number of aromatic nitrogens is 2. The molecule has 0 saturated carbocycles. The van der Waals surface area contributed by atoms with Crippen LogP contribution in [0.2, 0.25) is 0 Å². The molecule has 0 aliphatic rings. The maximum Gasteiger partial charge on any atom is 0.272 e. The summed E-state index contributed by atoms with van der Waals surface area (Å²) >= 11 is 5.08. The molecule has 3 aromatic rings. The Morgan fingerprint density at radius 1 is 1.22 bits per heavy atom. The minimum atomic E-state index is -0.243. The molecular formula is C16H14BrN3O2S. The lowest BCUT2D eigenvalue weighted by atomic mass is 10.1. The van der Waals surface area contributed by atoms with Crippen molar-refractivity contribution in [1.29, 1.82) is 0 Å². The number of carbonyl (C=O) groups excluding carboxylic acids is 1. The predicted molar refractivity (Wildman–Crippen MR) is 94.8 cm³/mol. The molecule has 2 aromatic heterocycles. The molecule has 0 radical (unpaired) electrons. The lowest BCUT2D eigenvalue weighted by Gasteiger charge is -2.06. The molecule has 1 aromatic carbocycles. The van der Waals surface area contributed by atoms with Crippen molar-refractivity contribution in [3.63, 3.8) is 0 Å². The second-order valence-electron chi connectivity index (χ2n) is 5.03. The van der Waals surface area contributed by atoms with Gasteiger partial charge in [0.05, 0.1) is 21.3 Å². The van der Waals surface area contributed by atoms with E-state index in [-0.39, 0.29) is 17.9 Å². The number of nitrogens with zero attached hydrogens (tertiary/aromatic N) is 1. The van der Waals surface area contributed by atoms with E-state index in [2.05, 4.69) is 31.4 Å². The molecular weight excluding hydrogens is 378 g/mol. The van der Waals surface area contributed by atoms with Crippen molar-refractivity contribution in [2.75, 3.05) is 6.54 Å². The van der Waals surface area contributed by atoms with Gasteiger partial charge in [-0.3, -0.25) is 9.59 Å². The maximum atomic E-state index is 12.1. The molecule has 0 aliphatic carbocycles. The molecule has 1 amide bonds. The van der Waals surface area contributed by atoms with Gasteiger partial charge in [-0.1, -0.05) is 18.2 Å². The van der Waals surface area contributed by atoms with Crippen LogP contribution >= 0.6 is 27.3 Å². The number of hydrogen-bond donors (Lipinski definition) is 2. The van der Waals surface area contributed by atoms with E-state index in [0.717, 1.165) is 10.2 Å². The molecule has 0 bridgehead atoms. The van der Waals surface area contributed by atoms with Crippen LogP contribution < -0.4 is 10.9 Å². The summed E-state index contributed by atoms with van der Waals surface area (Å²) in [4.78, 5) is 25.0. The molecule has 0 unspecified atom stereocenters. The van der Waals surface area contributed by atoms with Gasteiger partial charge in [-0.05, 0) is 40.5 Å². The van der Waals surface area contributed by atoms with Crippen molar-refractivity contribution in [3.05, 3.63) is 61.1 Å². The predicted octanol–water partition coefficient (Wildman–Crippen LogP) is 2.65. The van der Waals surface area contributed by atoms with E-state index >= 15 is 0 Å². The Kier molecular flexibility index (Phi) is 4.88. The lowest BCUT2D eigenvalue weighted by molar-refractivity contribution is -0.120. The summed E-state index contributed by atoms with van der Waals surface area (Å²) in [5, 5.41) is 10.6. The second kappa shape index (κ2) is 7.06. The van der Waals surface area contributed by atoms with Crippen molar-refractivity contribution < 1.29 is 4.79 Å². The third kappa shape index (κ3) is 3.86. The topological polar surface area (TPSA) is 74.8 Å². The number of benzene rings is 1. The van der Waals surface area contributed by atoms with Crippen LogP contribution in [0, 0.1) is 0 Å². The van der Waals surface area contributed by atoms with E-state index in [9.17, 15) is 9.59 Å². The average molecular weight is 392 g/mol. The van der Waals surface area contributed by atoms with Crippen LogP contribution in [0.4, 0.5) is 0 Å². The van der Waals surface area contributed by atoms with Gasteiger partial charge in [0.25, 0.3) is 5.56 Å². The Balaban J connectivity index is 1.64. The van der Waals surface area contributed by atoms with Crippen LogP contribution in [0.3, 0.4) is 0 Å². The fourth-order valence-electron chi connectivity index (χ4n) is 2.33. The SMILES string of the molecule is O=C(Cc1n[nH]c(=O)c2ccccc12)NCCc1ccc(Br)s1. The molecule has 118 valence electrons. The average Bonchev–Trinajstić information content (AvgIpc) is 2.96. The smallest absolute Gasteiger partial charge is 0.272 e. The Labute approximate surface area is 144 Å². The second-order valence-corrected chi connectivity index (χ2v) is 7.58. The number of hydrogen-bond acceptors (Lipinski definition) is 4. The van der Waals surface area contributed by atoms with Crippen LogP contribution in [-0.2, 0) is 17.6 Å². The first-order valence-electron chi connectivity index (χ1n) is 7.10. The van der Waals surface area contributed by atoms with E-state index in [1.54, 1.807) is 23.5 Å². The van der Waals surface area contributed by atoms with Gasteiger partial charge < -0.3 is 5.32 Å². The quantitative estimate of drug-likeness (QED) is 0.701. The maximum absolute atomic E-state index is 12.1. The number of aromatic amines is 1. The monoisotopic (exact) mass is 391 g/mol. The van der Waals surface area contributed by atoms with Gasteiger partial charge in [0, 0.05) is 16.8 Å². The number of nitrogens with one attached hydrogen (secondary N) is 2. The minimum absolute atomic E-state index is 0.106. The van der Waals surface area contributed by atoms with Gasteiger partial charge in [0.2, 0.25) is 5.91 Å². The van der Waals surface area contributed by atoms with Crippen molar-refractivity contribution in [2.24, 2.45) is 0 Å². The highest BCUT2D eigenvalue weighted by Gasteiger charge is 2.10. The summed E-state index contributed by atoms with van der Waals surface area (Å²) in [7, 11) is 0. The Morgan fingerprint density at radius 3 is 2.74 bits per heavy atom. The van der Waals surface area contributed by atoms with E-state index < -0.39 is 0 Å². The Morgan fingerprint density at radius 2 is 2.00 bits per heavy atom. The summed E-state index contributed by atoms with van der Waals surface area (Å²) in [5.74, 6) is -0.106. The van der Waals surface area contributed by atoms with Crippen molar-refractivity contribution in [2.45, 2.75) is 12.8 Å². The van der Waals surface area contributed by atoms with Gasteiger partial charge in [0.15, 0.2) is 0 Å². The number of thiophene rings is 1. The molecule has 2 N–H and O–H groups in total. The van der Waals surface area contributed by atoms with E-state index in [4.69, 9.17) is 0 Å². The molecule has 5 nitrogen and oxygen atoms in total. The van der Waals surface area contributed by atoms with Gasteiger partial charge in [-0.15, -0.1) is 11.3 Å². The van der Waals surface area contributed by atoms with Crippen LogP contribution in [-0.4, -0.2) is 22.6 Å². The lowest BCUT2D eigenvalue weighted by Crippen LogP contribution is -2.28. The van der Waals surface area contributed by atoms with Crippen LogP contribution in [0.15, 0.2) is 45.0 Å². The summed E-state index contributed by atoms with van der Waals surface area (Å²) in [6.07, 6.45) is 0.938. The molecule has 23 heavy (non-hydrogen) atoms. The molecule has 2 heterocycles. The zero-order valence-electron chi connectivity index (χ0n) is 12.1. The summed E-state index contributed by atoms with van der Waals surface area (Å²) in [6.45, 7) is 0.576. The Hall–Kier alpha value is -1.99. The highest BCUT2D eigenvalue weighted by atomic mass is 79.9. The number of amides is 1. The van der Waals surface area contributed by atoms with Crippen molar-refractivity contribution in [1.82, 2.24) is 15.5 Å². The molecule has 7 heteroatoms. The number of halogens is 1. The summed E-state index contributed by atoms with van der Waals surface area (Å²) in [5.41, 5.74) is 0.338. The van der Waals surface area contributed by atoms with E-state index in [1.165, 1.54) is 4.88 Å². The van der Waals surface area contributed by atoms with Gasteiger partial charge in [-0.25, -0.2) is 5.10 Å². The third-order valence-corrected chi connectivity index (χ3v) is 5.11. The molecule has 0 aliphatic heterocycles. The molecule has 0 saturated heterocycles. The molecule has 3 rings (SSSR count). The first kappa shape index (κ1) is 15.9. The zero-order valence-corrected chi connectivity index (χ0v) is 14.5. The van der Waals surface area contributed by atoms with Crippen LogP contribution in [0.5, 0.6) is 0 Å². The molecule has 0 spiro atoms. The standard InChI is InChI=1S/C16H14BrN3O2S/c17-14-6-5-10(23-14)7-8-18-15(21)9-13-11-3-1-2-4-12(11)16(22)20-19-13/h1-6H,7-9H2,(H,18,21)(H,20,22). The van der Waals surface area contributed by atoms with Gasteiger partial charge in [0.1, 0.15) is 0 Å². The largest absolute Gasteiger partial charge is 0.355 e. The zero-order chi connectivity index (χ0) is 16.2. The fraction of sp³-hybridized carbons (Fsp3) is 0.188. The Bertz CT molecular complexity index is 903. The summed E-state index contributed by atoms with van der Waals surface area (Å²) < 4.78 is 1.09. The van der Waals surface area contributed by atoms with Gasteiger partial charge in [-0.2, -0.15) is 5.10 Å². The summed E-state index contributed by atoms with van der Waals surface area (Å²) in [6, 6.07) is 11.2. The number of fused-ring (bicyclic) bond motifs is 1. The van der Waals surface area contributed by atoms with Crippen molar-refractivity contribution in [3.8, 4) is 0 Å². The number of carbonyl (C=O) groups is 1. The first-order chi connectivity index (χ1) is 11.1. The van der Waals surface area contributed by atoms with E-state index in [0.29, 0.717) is 23.0 Å². The highest BCUT2D eigenvalue weighted by Crippen LogP contribution is 2.22. The van der Waals surface area contributed by atoms with Crippen LogP contribution in [0.1, 0.15) is 10.6 Å². The van der Waals surface area contributed by atoms with Crippen LogP contribution in [0.25, 0.3) is 10.8 Å². The first-order valence-corrected chi connectivity index (χ1v) is 8.71. The highest BCUT2D eigenvalue weighted by molar-refractivity contribution is 9.11. The van der Waals surface area contributed by atoms with Gasteiger partial charge >= 0.3 is 0 Å².